The van der Waals surface area contributed by atoms with Crippen molar-refractivity contribution in [3.05, 3.63) is 35.4 Å². The second-order valence-electron chi connectivity index (χ2n) is 5.29. The van der Waals surface area contributed by atoms with Gasteiger partial charge in [-0.15, -0.1) is 0 Å². The number of urea groups is 1. The lowest BCUT2D eigenvalue weighted by molar-refractivity contribution is 0.217. The van der Waals surface area contributed by atoms with E-state index < -0.39 is 0 Å². The second kappa shape index (κ2) is 6.57. The van der Waals surface area contributed by atoms with E-state index in [0.29, 0.717) is 5.92 Å². The summed E-state index contributed by atoms with van der Waals surface area (Å²) in [5.41, 5.74) is 2.66. The maximum absolute atomic E-state index is 11.3. The summed E-state index contributed by atoms with van der Waals surface area (Å²) in [7, 11) is 0. The van der Waals surface area contributed by atoms with Crippen molar-refractivity contribution in [2.75, 3.05) is 26.2 Å². The maximum atomic E-state index is 11.3. The largest absolute Gasteiger partial charge is 0.336 e. The Hall–Kier alpha value is -1.55. The smallest absolute Gasteiger partial charge is 0.317 e. The van der Waals surface area contributed by atoms with E-state index in [2.05, 4.69) is 48.7 Å². The quantitative estimate of drug-likeness (QED) is 0.769. The molecule has 4 heteroatoms. The van der Waals surface area contributed by atoms with Gasteiger partial charge in [0.1, 0.15) is 0 Å². The molecule has 0 atom stereocenters. The van der Waals surface area contributed by atoms with Gasteiger partial charge in [0.2, 0.25) is 0 Å². The van der Waals surface area contributed by atoms with Crippen LogP contribution in [0.5, 0.6) is 0 Å². The molecule has 1 heterocycles. The highest BCUT2D eigenvalue weighted by atomic mass is 16.2. The summed E-state index contributed by atoms with van der Waals surface area (Å²) in [4.78, 5) is 13.2. The highest BCUT2D eigenvalue weighted by Crippen LogP contribution is 2.14. The van der Waals surface area contributed by atoms with E-state index in [1.165, 1.54) is 11.1 Å². The lowest BCUT2D eigenvalue weighted by Crippen LogP contribution is -2.34. The molecule has 1 saturated heterocycles. The highest BCUT2D eigenvalue weighted by molar-refractivity contribution is 5.76. The van der Waals surface area contributed by atoms with E-state index in [9.17, 15) is 4.79 Å². The average Bonchev–Trinajstić information content (AvgIpc) is 2.81. The SMILES string of the molecule is CC(C)c1ccc(CNCCN2CCNC2=O)cc1. The van der Waals surface area contributed by atoms with E-state index in [1.807, 2.05) is 4.90 Å². The van der Waals surface area contributed by atoms with Gasteiger partial charge in [0.25, 0.3) is 0 Å². The van der Waals surface area contributed by atoms with Crippen LogP contribution in [0.15, 0.2) is 24.3 Å². The van der Waals surface area contributed by atoms with Crippen LogP contribution in [0, 0.1) is 0 Å². The molecule has 1 aliphatic rings. The number of nitrogens with zero attached hydrogens (tertiary/aromatic N) is 1. The molecule has 0 saturated carbocycles. The van der Waals surface area contributed by atoms with Crippen LogP contribution in [-0.4, -0.2) is 37.1 Å². The van der Waals surface area contributed by atoms with E-state index >= 15 is 0 Å². The summed E-state index contributed by atoms with van der Waals surface area (Å²) in [5, 5.41) is 6.18. The van der Waals surface area contributed by atoms with Crippen LogP contribution < -0.4 is 10.6 Å². The molecule has 4 nitrogen and oxygen atoms in total. The predicted molar refractivity (Wildman–Crippen MR) is 77.2 cm³/mol. The Kier molecular flexibility index (Phi) is 4.80. The molecule has 1 aliphatic heterocycles. The third kappa shape index (κ3) is 3.96. The third-order valence-corrected chi connectivity index (χ3v) is 3.48. The van der Waals surface area contributed by atoms with Gasteiger partial charge < -0.3 is 15.5 Å². The van der Waals surface area contributed by atoms with Gasteiger partial charge in [0.15, 0.2) is 0 Å². The fraction of sp³-hybridized carbons (Fsp3) is 0.533. The molecule has 0 bridgehead atoms. The first-order valence-corrected chi connectivity index (χ1v) is 6.99. The second-order valence-corrected chi connectivity index (χ2v) is 5.29. The van der Waals surface area contributed by atoms with E-state index in [4.69, 9.17) is 0 Å². The molecule has 1 aromatic carbocycles. The van der Waals surface area contributed by atoms with Gasteiger partial charge in [-0.3, -0.25) is 0 Å². The minimum Gasteiger partial charge on any atom is -0.336 e. The molecular formula is C15H23N3O. The Bertz CT molecular complexity index is 414. The number of hydrogen-bond acceptors (Lipinski definition) is 2. The van der Waals surface area contributed by atoms with Gasteiger partial charge in [0.05, 0.1) is 0 Å². The van der Waals surface area contributed by atoms with Gasteiger partial charge in [0, 0.05) is 32.7 Å². The first kappa shape index (κ1) is 13.9. The zero-order valence-corrected chi connectivity index (χ0v) is 11.8. The van der Waals surface area contributed by atoms with Crippen molar-refractivity contribution in [2.45, 2.75) is 26.3 Å². The molecule has 19 heavy (non-hydrogen) atoms. The standard InChI is InChI=1S/C15H23N3O/c1-12(2)14-5-3-13(4-6-14)11-16-7-9-18-10-8-17-15(18)19/h3-6,12,16H,7-11H2,1-2H3,(H,17,19). The van der Waals surface area contributed by atoms with Crippen LogP contribution in [0.4, 0.5) is 4.79 Å². The normalized spacial score (nSPS) is 15.1. The van der Waals surface area contributed by atoms with E-state index in [0.717, 1.165) is 32.7 Å². The number of amides is 2. The number of carbonyl (C=O) groups is 1. The van der Waals surface area contributed by atoms with Crippen LogP contribution >= 0.6 is 0 Å². The number of rotatable bonds is 6. The lowest BCUT2D eigenvalue weighted by Gasteiger charge is -2.14. The first-order chi connectivity index (χ1) is 9.16. The summed E-state index contributed by atoms with van der Waals surface area (Å²) in [6.45, 7) is 8.46. The van der Waals surface area contributed by atoms with Crippen LogP contribution in [0.2, 0.25) is 0 Å². The molecule has 2 N–H and O–H groups in total. The minimum atomic E-state index is 0.0584. The summed E-state index contributed by atoms with van der Waals surface area (Å²) in [5.74, 6) is 0.579. The molecule has 1 aromatic rings. The molecular weight excluding hydrogens is 238 g/mol. The molecule has 2 amide bonds. The number of carbonyl (C=O) groups excluding carboxylic acids is 1. The molecule has 1 fully saturated rings. The van der Waals surface area contributed by atoms with E-state index in [-0.39, 0.29) is 6.03 Å². The van der Waals surface area contributed by atoms with E-state index in [1.54, 1.807) is 0 Å². The highest BCUT2D eigenvalue weighted by Gasteiger charge is 2.17. The van der Waals surface area contributed by atoms with Crippen molar-refractivity contribution in [3.8, 4) is 0 Å². The summed E-state index contributed by atoms with van der Waals surface area (Å²) in [6, 6.07) is 8.78. The van der Waals surface area contributed by atoms with Crippen LogP contribution in [-0.2, 0) is 6.54 Å². The van der Waals surface area contributed by atoms with Crippen LogP contribution in [0.3, 0.4) is 0 Å². The topological polar surface area (TPSA) is 44.4 Å². The van der Waals surface area contributed by atoms with Crippen molar-refractivity contribution >= 4 is 6.03 Å². The Morgan fingerprint density at radius 2 is 2.05 bits per heavy atom. The molecule has 0 aromatic heterocycles. The first-order valence-electron chi connectivity index (χ1n) is 6.99. The molecule has 0 spiro atoms. The van der Waals surface area contributed by atoms with Crippen molar-refractivity contribution in [3.63, 3.8) is 0 Å². The Morgan fingerprint density at radius 3 is 2.63 bits per heavy atom. The predicted octanol–water partition coefficient (Wildman–Crippen LogP) is 1.92. The summed E-state index contributed by atoms with van der Waals surface area (Å²) >= 11 is 0. The average molecular weight is 261 g/mol. The van der Waals surface area contributed by atoms with Gasteiger partial charge >= 0.3 is 6.03 Å². The van der Waals surface area contributed by atoms with Crippen molar-refractivity contribution in [1.82, 2.24) is 15.5 Å². The van der Waals surface area contributed by atoms with Gasteiger partial charge in [-0.1, -0.05) is 38.1 Å². The summed E-state index contributed by atoms with van der Waals surface area (Å²) < 4.78 is 0. The van der Waals surface area contributed by atoms with Crippen molar-refractivity contribution in [1.29, 1.82) is 0 Å². The van der Waals surface area contributed by atoms with Crippen LogP contribution in [0.25, 0.3) is 0 Å². The zero-order chi connectivity index (χ0) is 13.7. The zero-order valence-electron chi connectivity index (χ0n) is 11.8. The van der Waals surface area contributed by atoms with Crippen molar-refractivity contribution in [2.24, 2.45) is 0 Å². The van der Waals surface area contributed by atoms with Gasteiger partial charge in [-0.2, -0.15) is 0 Å². The summed E-state index contributed by atoms with van der Waals surface area (Å²) in [6.07, 6.45) is 0. The minimum absolute atomic E-state index is 0.0584. The maximum Gasteiger partial charge on any atom is 0.317 e. The number of nitrogens with one attached hydrogen (secondary N) is 2. The molecule has 2 rings (SSSR count). The molecule has 104 valence electrons. The van der Waals surface area contributed by atoms with Crippen molar-refractivity contribution < 1.29 is 4.79 Å². The van der Waals surface area contributed by atoms with Gasteiger partial charge in [-0.25, -0.2) is 4.79 Å². The number of benzene rings is 1. The number of hydrogen-bond donors (Lipinski definition) is 2. The molecule has 0 unspecified atom stereocenters. The third-order valence-electron chi connectivity index (χ3n) is 3.48. The van der Waals surface area contributed by atoms with Gasteiger partial charge in [-0.05, 0) is 17.0 Å². The lowest BCUT2D eigenvalue weighted by atomic mass is 10.0. The molecule has 0 radical (unpaired) electrons. The monoisotopic (exact) mass is 261 g/mol. The fourth-order valence-corrected chi connectivity index (χ4v) is 2.19. The Balaban J connectivity index is 1.69. The Morgan fingerprint density at radius 1 is 1.32 bits per heavy atom. The Labute approximate surface area is 115 Å². The van der Waals surface area contributed by atoms with Crippen LogP contribution in [0.1, 0.15) is 30.9 Å². The molecule has 0 aliphatic carbocycles. The fourth-order valence-electron chi connectivity index (χ4n) is 2.19.